The lowest BCUT2D eigenvalue weighted by Gasteiger charge is -2.15. The Balaban J connectivity index is 2.44. The molecule has 0 aliphatic carbocycles. The van der Waals surface area contributed by atoms with Crippen molar-refractivity contribution in [1.82, 2.24) is 10.6 Å². The van der Waals surface area contributed by atoms with E-state index in [9.17, 15) is 4.79 Å². The Morgan fingerprint density at radius 1 is 1.24 bits per heavy atom. The predicted octanol–water partition coefficient (Wildman–Crippen LogP) is 3.04. The molecule has 0 aliphatic heterocycles. The number of hydrogen-bond donors (Lipinski definition) is 2. The summed E-state index contributed by atoms with van der Waals surface area (Å²) in [5.74, 6) is 0.657. The minimum absolute atomic E-state index is 0.0661. The molecule has 21 heavy (non-hydrogen) atoms. The van der Waals surface area contributed by atoms with Crippen molar-refractivity contribution in [2.24, 2.45) is 0 Å². The molecule has 0 aliphatic rings. The molecule has 0 saturated heterocycles. The molecular formula is C17H28N2O2. The van der Waals surface area contributed by atoms with E-state index in [-0.39, 0.29) is 18.6 Å². The highest BCUT2D eigenvalue weighted by molar-refractivity contribution is 5.77. The first-order valence-corrected chi connectivity index (χ1v) is 7.80. The molecule has 4 heteroatoms. The van der Waals surface area contributed by atoms with Gasteiger partial charge in [-0.05, 0) is 44.5 Å². The van der Waals surface area contributed by atoms with Gasteiger partial charge >= 0.3 is 0 Å². The van der Waals surface area contributed by atoms with Gasteiger partial charge in [-0.1, -0.05) is 32.4 Å². The smallest absolute Gasteiger partial charge is 0.258 e. The van der Waals surface area contributed by atoms with Crippen LogP contribution in [0.5, 0.6) is 5.75 Å². The van der Waals surface area contributed by atoms with Crippen molar-refractivity contribution < 1.29 is 9.53 Å². The van der Waals surface area contributed by atoms with Crippen LogP contribution in [-0.4, -0.2) is 25.6 Å². The molecule has 0 radical (unpaired) electrons. The van der Waals surface area contributed by atoms with Crippen LogP contribution in [0.25, 0.3) is 0 Å². The fraction of sp³-hybridized carbons (Fsp3) is 0.588. The van der Waals surface area contributed by atoms with Crippen molar-refractivity contribution in [2.45, 2.75) is 52.1 Å². The SMILES string of the molecule is CCCC(C)NC(=O)COc1ccc(C(CC)NC)cc1. The molecule has 0 fully saturated rings. The van der Waals surface area contributed by atoms with Crippen molar-refractivity contribution >= 4 is 5.91 Å². The summed E-state index contributed by atoms with van der Waals surface area (Å²) in [4.78, 5) is 11.7. The van der Waals surface area contributed by atoms with Crippen LogP contribution in [0.1, 0.15) is 51.6 Å². The third-order valence-electron chi connectivity index (χ3n) is 3.54. The summed E-state index contributed by atoms with van der Waals surface area (Å²) in [5, 5.41) is 6.19. The van der Waals surface area contributed by atoms with Gasteiger partial charge in [-0.15, -0.1) is 0 Å². The Morgan fingerprint density at radius 2 is 1.90 bits per heavy atom. The van der Waals surface area contributed by atoms with Crippen LogP contribution in [0.15, 0.2) is 24.3 Å². The fourth-order valence-electron chi connectivity index (χ4n) is 2.37. The van der Waals surface area contributed by atoms with Crippen molar-refractivity contribution in [2.75, 3.05) is 13.7 Å². The summed E-state index contributed by atoms with van der Waals surface area (Å²) in [7, 11) is 1.96. The number of carbonyl (C=O) groups is 1. The van der Waals surface area contributed by atoms with E-state index in [1.807, 2.05) is 38.2 Å². The van der Waals surface area contributed by atoms with E-state index < -0.39 is 0 Å². The molecule has 1 amide bonds. The van der Waals surface area contributed by atoms with Crippen molar-refractivity contribution in [3.8, 4) is 5.75 Å². The zero-order valence-electron chi connectivity index (χ0n) is 13.6. The molecule has 0 aromatic heterocycles. The van der Waals surface area contributed by atoms with Gasteiger partial charge in [0.15, 0.2) is 6.61 Å². The van der Waals surface area contributed by atoms with Crippen LogP contribution < -0.4 is 15.4 Å². The van der Waals surface area contributed by atoms with Crippen LogP contribution in [0.3, 0.4) is 0 Å². The highest BCUT2D eigenvalue weighted by Crippen LogP contribution is 2.19. The Bertz CT molecular complexity index is 413. The number of benzene rings is 1. The number of rotatable bonds is 9. The number of carbonyl (C=O) groups excluding carboxylic acids is 1. The van der Waals surface area contributed by atoms with E-state index in [0.717, 1.165) is 25.0 Å². The second-order valence-electron chi connectivity index (χ2n) is 5.36. The maximum absolute atomic E-state index is 11.7. The van der Waals surface area contributed by atoms with Crippen LogP contribution in [0, 0.1) is 0 Å². The first-order chi connectivity index (χ1) is 10.1. The Kier molecular flexibility index (Phi) is 7.83. The molecule has 1 rings (SSSR count). The van der Waals surface area contributed by atoms with E-state index in [1.54, 1.807) is 0 Å². The summed E-state index contributed by atoms with van der Waals surface area (Å²) in [6.45, 7) is 6.33. The van der Waals surface area contributed by atoms with Gasteiger partial charge in [0.1, 0.15) is 5.75 Å². The molecule has 2 N–H and O–H groups in total. The van der Waals surface area contributed by atoms with Crippen LogP contribution >= 0.6 is 0 Å². The minimum atomic E-state index is -0.0679. The monoisotopic (exact) mass is 292 g/mol. The van der Waals surface area contributed by atoms with E-state index >= 15 is 0 Å². The molecule has 118 valence electrons. The first-order valence-electron chi connectivity index (χ1n) is 7.80. The summed E-state index contributed by atoms with van der Waals surface area (Å²) >= 11 is 0. The third-order valence-corrected chi connectivity index (χ3v) is 3.54. The lowest BCUT2D eigenvalue weighted by molar-refractivity contribution is -0.123. The molecule has 0 heterocycles. The second-order valence-corrected chi connectivity index (χ2v) is 5.36. The molecule has 1 aromatic carbocycles. The topological polar surface area (TPSA) is 50.4 Å². The van der Waals surface area contributed by atoms with E-state index in [2.05, 4.69) is 24.5 Å². The zero-order valence-corrected chi connectivity index (χ0v) is 13.6. The molecule has 0 bridgehead atoms. The number of hydrogen-bond acceptors (Lipinski definition) is 3. The van der Waals surface area contributed by atoms with Crippen molar-refractivity contribution in [1.29, 1.82) is 0 Å². The standard InChI is InChI=1S/C17H28N2O2/c1-5-7-13(3)19-17(20)12-21-15-10-8-14(9-11-15)16(6-2)18-4/h8-11,13,16,18H,5-7,12H2,1-4H3,(H,19,20). The molecule has 2 atom stereocenters. The van der Waals surface area contributed by atoms with Gasteiger partial charge in [-0.3, -0.25) is 4.79 Å². The average molecular weight is 292 g/mol. The van der Waals surface area contributed by atoms with Gasteiger partial charge in [-0.2, -0.15) is 0 Å². The van der Waals surface area contributed by atoms with Gasteiger partial charge in [0.2, 0.25) is 0 Å². The summed E-state index contributed by atoms with van der Waals surface area (Å²) < 4.78 is 5.52. The van der Waals surface area contributed by atoms with Crippen molar-refractivity contribution in [3.63, 3.8) is 0 Å². The lowest BCUT2D eigenvalue weighted by Crippen LogP contribution is -2.35. The quantitative estimate of drug-likeness (QED) is 0.735. The zero-order chi connectivity index (χ0) is 15.7. The molecular weight excluding hydrogens is 264 g/mol. The highest BCUT2D eigenvalue weighted by atomic mass is 16.5. The highest BCUT2D eigenvalue weighted by Gasteiger charge is 2.08. The third kappa shape index (κ3) is 6.17. The normalized spacial score (nSPS) is 13.5. The van der Waals surface area contributed by atoms with Gasteiger partial charge in [0.05, 0.1) is 0 Å². The first kappa shape index (κ1) is 17.5. The Labute approximate surface area is 128 Å². The summed E-state index contributed by atoms with van der Waals surface area (Å²) in [5.41, 5.74) is 1.23. The lowest BCUT2D eigenvalue weighted by atomic mass is 10.1. The van der Waals surface area contributed by atoms with E-state index in [4.69, 9.17) is 4.74 Å². The summed E-state index contributed by atoms with van der Waals surface area (Å²) in [6.07, 6.45) is 3.09. The number of amides is 1. The van der Waals surface area contributed by atoms with Gasteiger partial charge < -0.3 is 15.4 Å². The second kappa shape index (κ2) is 9.40. The molecule has 2 unspecified atom stereocenters. The maximum Gasteiger partial charge on any atom is 0.258 e. The molecule has 1 aromatic rings. The van der Waals surface area contributed by atoms with Crippen LogP contribution in [0.2, 0.25) is 0 Å². The molecule has 4 nitrogen and oxygen atoms in total. The number of ether oxygens (including phenoxy) is 1. The van der Waals surface area contributed by atoms with Gasteiger partial charge in [0, 0.05) is 12.1 Å². The van der Waals surface area contributed by atoms with E-state index in [1.165, 1.54) is 5.56 Å². The minimum Gasteiger partial charge on any atom is -0.484 e. The summed E-state index contributed by atoms with van der Waals surface area (Å²) in [6, 6.07) is 8.47. The van der Waals surface area contributed by atoms with E-state index in [0.29, 0.717) is 6.04 Å². The van der Waals surface area contributed by atoms with Gasteiger partial charge in [0.25, 0.3) is 5.91 Å². The Morgan fingerprint density at radius 3 is 2.43 bits per heavy atom. The molecule has 0 saturated carbocycles. The largest absolute Gasteiger partial charge is 0.484 e. The van der Waals surface area contributed by atoms with Gasteiger partial charge in [-0.25, -0.2) is 0 Å². The molecule has 0 spiro atoms. The van der Waals surface area contributed by atoms with Crippen molar-refractivity contribution in [3.05, 3.63) is 29.8 Å². The average Bonchev–Trinajstić information content (AvgIpc) is 2.48. The fourth-order valence-corrected chi connectivity index (χ4v) is 2.37. The Hall–Kier alpha value is -1.55. The van der Waals surface area contributed by atoms with Crippen LogP contribution in [0.4, 0.5) is 0 Å². The predicted molar refractivity (Wildman–Crippen MR) is 86.5 cm³/mol. The number of nitrogens with one attached hydrogen (secondary N) is 2. The maximum atomic E-state index is 11.7. The van der Waals surface area contributed by atoms with Crippen LogP contribution in [-0.2, 0) is 4.79 Å².